The van der Waals surface area contributed by atoms with Gasteiger partial charge in [0.25, 0.3) is 0 Å². The molecule has 55 heavy (non-hydrogen) atoms. The number of rotatable bonds is 8. The fraction of sp³-hybridized carbons (Fsp3) is 0.612. The van der Waals surface area contributed by atoms with E-state index in [1.165, 1.54) is 5.56 Å². The monoisotopic (exact) mass is 773 g/mol. The zero-order valence-corrected chi connectivity index (χ0v) is 38.7. The van der Waals surface area contributed by atoms with Crippen molar-refractivity contribution in [3.8, 4) is 5.75 Å². The highest BCUT2D eigenvalue weighted by Crippen LogP contribution is 2.63. The maximum absolute atomic E-state index is 13.1. The summed E-state index contributed by atoms with van der Waals surface area (Å²) in [4.78, 5) is 25.3. The lowest BCUT2D eigenvalue weighted by molar-refractivity contribution is -0.143. The lowest BCUT2D eigenvalue weighted by Gasteiger charge is -2.55. The lowest BCUT2D eigenvalue weighted by Crippen LogP contribution is -2.51. The summed E-state index contributed by atoms with van der Waals surface area (Å²) in [5, 5.41) is 2.19. The summed E-state index contributed by atoms with van der Waals surface area (Å²) >= 11 is 0. The van der Waals surface area contributed by atoms with Gasteiger partial charge in [-0.1, -0.05) is 161 Å². The van der Waals surface area contributed by atoms with E-state index in [2.05, 4.69) is 179 Å². The number of hydrogen-bond donors (Lipinski definition) is 1. The van der Waals surface area contributed by atoms with Crippen LogP contribution in [0.15, 0.2) is 76.9 Å². The van der Waals surface area contributed by atoms with Gasteiger partial charge in [-0.25, -0.2) is 0 Å². The van der Waals surface area contributed by atoms with E-state index in [4.69, 9.17) is 13.8 Å². The van der Waals surface area contributed by atoms with Crippen LogP contribution in [0.2, 0.25) is 0 Å². The van der Waals surface area contributed by atoms with Crippen molar-refractivity contribution in [2.75, 3.05) is 6.61 Å². The zero-order chi connectivity index (χ0) is 42.0. The summed E-state index contributed by atoms with van der Waals surface area (Å²) < 4.78 is 19.2. The zero-order valence-electron chi connectivity index (χ0n) is 37.8. The highest BCUT2D eigenvalue weighted by molar-refractivity contribution is 7.41. The summed E-state index contributed by atoms with van der Waals surface area (Å²) in [6.45, 7) is 42.4. The van der Waals surface area contributed by atoms with Crippen LogP contribution in [0.5, 0.6) is 5.75 Å². The third-order valence-electron chi connectivity index (χ3n) is 11.8. The number of esters is 1. The predicted molar refractivity (Wildman–Crippen MR) is 233 cm³/mol. The van der Waals surface area contributed by atoms with E-state index in [1.54, 1.807) is 0 Å². The molecule has 0 radical (unpaired) electrons. The Morgan fingerprint density at radius 2 is 1.33 bits per heavy atom. The molecule has 2 atom stereocenters. The molecule has 0 saturated heterocycles. The van der Waals surface area contributed by atoms with Gasteiger partial charge in [0.15, 0.2) is 0 Å². The van der Waals surface area contributed by atoms with Gasteiger partial charge < -0.3 is 14.2 Å². The van der Waals surface area contributed by atoms with Crippen LogP contribution >= 0.6 is 8.60 Å². The Labute approximate surface area is 336 Å². The van der Waals surface area contributed by atoms with Crippen molar-refractivity contribution in [3.05, 3.63) is 88.1 Å². The van der Waals surface area contributed by atoms with Crippen LogP contribution in [-0.2, 0) is 24.9 Å². The van der Waals surface area contributed by atoms with Crippen LogP contribution < -0.4 is 4.52 Å². The predicted octanol–water partition coefficient (Wildman–Crippen LogP) is 14.0. The largest absolute Gasteiger partial charge is 0.466 e. The van der Waals surface area contributed by atoms with Crippen LogP contribution in [0.4, 0.5) is 0 Å². The Morgan fingerprint density at radius 3 is 1.82 bits per heavy atom. The van der Waals surface area contributed by atoms with Crippen LogP contribution in [0, 0.1) is 27.1 Å². The van der Waals surface area contributed by atoms with E-state index >= 15 is 0 Å². The number of fused-ring (bicyclic) bond motifs is 2. The van der Waals surface area contributed by atoms with E-state index in [0.717, 1.165) is 38.6 Å². The van der Waals surface area contributed by atoms with E-state index in [1.807, 2.05) is 6.92 Å². The molecule has 1 N–H and O–H groups in total. The van der Waals surface area contributed by atoms with E-state index in [9.17, 15) is 9.69 Å². The topological polar surface area (TPSA) is 65.0 Å². The number of ether oxygens (including phenoxy) is 1. The number of carbonyl (C=O) groups is 1. The second-order valence-electron chi connectivity index (χ2n) is 22.1. The molecule has 0 fully saturated rings. The van der Waals surface area contributed by atoms with Crippen molar-refractivity contribution in [2.24, 2.45) is 27.1 Å². The van der Waals surface area contributed by atoms with Crippen molar-refractivity contribution in [1.82, 2.24) is 0 Å². The van der Waals surface area contributed by atoms with E-state index in [-0.39, 0.29) is 39.5 Å². The summed E-state index contributed by atoms with van der Waals surface area (Å²) in [7, 11) is -2.45. The molecule has 0 bridgehead atoms. The van der Waals surface area contributed by atoms with Gasteiger partial charge in [-0.2, -0.15) is 0 Å². The average molecular weight is 773 g/mol. The summed E-state index contributed by atoms with van der Waals surface area (Å²) in [6, 6.07) is 10.9. The SMILES string of the molecule is CCOC(=O)CCC1=C(C(C)(C)C)C(OP(O)Oc2cc3ccc(C(C)(C)C)cc3cc2C(C)(C)C)(C(C)(C)C)C=C2C=CC(C(C)(C)C)(C(C)(C)C)C=C21. The molecule has 0 heterocycles. The Balaban J connectivity index is 1.98. The summed E-state index contributed by atoms with van der Waals surface area (Å²) in [5.41, 5.74) is 3.79. The normalized spacial score (nSPS) is 20.2. The molecule has 0 aromatic heterocycles. The smallest absolute Gasteiger partial charge is 0.395 e. The molecule has 5 nitrogen and oxygen atoms in total. The first-order valence-electron chi connectivity index (χ1n) is 20.3. The van der Waals surface area contributed by atoms with Gasteiger partial charge in [-0.05, 0) is 103 Å². The fourth-order valence-corrected chi connectivity index (χ4v) is 9.95. The molecular formula is C49H73O5P. The molecular weight excluding hydrogens is 700 g/mol. The Hall–Kier alpha value is -2.72. The Morgan fingerprint density at radius 1 is 0.727 bits per heavy atom. The first kappa shape index (κ1) is 45.0. The van der Waals surface area contributed by atoms with Gasteiger partial charge in [-0.3, -0.25) is 9.32 Å². The Bertz CT molecular complexity index is 1880. The van der Waals surface area contributed by atoms with E-state index in [0.29, 0.717) is 18.8 Å². The second-order valence-corrected chi connectivity index (χ2v) is 22.9. The number of allylic oxidation sites excluding steroid dienone is 6. The molecule has 2 aliphatic rings. The maximum atomic E-state index is 13.1. The first-order chi connectivity index (χ1) is 24.8. The fourth-order valence-electron chi connectivity index (χ4n) is 8.93. The highest BCUT2D eigenvalue weighted by Gasteiger charge is 2.56. The van der Waals surface area contributed by atoms with Gasteiger partial charge in [0.05, 0.1) is 6.61 Å². The van der Waals surface area contributed by atoms with Crippen molar-refractivity contribution in [3.63, 3.8) is 0 Å². The van der Waals surface area contributed by atoms with Crippen molar-refractivity contribution in [1.29, 1.82) is 0 Å². The van der Waals surface area contributed by atoms with Gasteiger partial charge in [0, 0.05) is 17.4 Å². The number of hydrogen-bond acceptors (Lipinski definition) is 5. The van der Waals surface area contributed by atoms with Crippen molar-refractivity contribution < 1.29 is 23.5 Å². The van der Waals surface area contributed by atoms with Crippen molar-refractivity contribution in [2.45, 2.75) is 161 Å². The molecule has 2 aliphatic carbocycles. The minimum absolute atomic E-state index is 0.0192. The molecule has 4 rings (SSSR count). The quantitative estimate of drug-likeness (QED) is 0.214. The first-order valence-corrected chi connectivity index (χ1v) is 21.4. The van der Waals surface area contributed by atoms with Crippen molar-refractivity contribution >= 4 is 25.3 Å². The van der Waals surface area contributed by atoms with Gasteiger partial charge in [0.1, 0.15) is 11.4 Å². The second kappa shape index (κ2) is 14.9. The minimum Gasteiger partial charge on any atom is -0.466 e. The average Bonchev–Trinajstić information content (AvgIpc) is 2.99. The van der Waals surface area contributed by atoms with Crippen LogP contribution in [-0.4, -0.2) is 23.1 Å². The highest BCUT2D eigenvalue weighted by atomic mass is 31.2. The van der Waals surface area contributed by atoms with Crippen LogP contribution in [0.1, 0.15) is 156 Å². The van der Waals surface area contributed by atoms with Gasteiger partial charge >= 0.3 is 14.6 Å². The minimum atomic E-state index is -2.45. The molecule has 304 valence electrons. The molecule has 0 aliphatic heterocycles. The summed E-state index contributed by atoms with van der Waals surface area (Å²) in [6.07, 6.45) is 10.0. The lowest BCUT2D eigenvalue weighted by atomic mass is 9.50. The number of benzene rings is 2. The maximum Gasteiger partial charge on any atom is 0.395 e. The molecule has 2 unspecified atom stereocenters. The molecule has 0 spiro atoms. The standard InChI is InChI=1S/C49H73O5P/c1-20-52-40(50)24-23-36-37-31-48(45(11,12)13,46(14,15)16)26-25-33(37)30-49(47(17,18)19,41(36)44(8,9)10)54-55(51)53-39-29-32-21-22-35(42(2,3)4)27-34(32)28-38(39)43(5,6)7/h21-22,25-31,51H,20,23-24H2,1-19H3. The van der Waals surface area contributed by atoms with Crippen LogP contribution in [0.3, 0.4) is 0 Å². The molecule has 0 amide bonds. The van der Waals surface area contributed by atoms with Gasteiger partial charge in [0.2, 0.25) is 0 Å². The third-order valence-corrected chi connectivity index (χ3v) is 12.6. The van der Waals surface area contributed by atoms with E-state index < -0.39 is 25.0 Å². The molecule has 2 aromatic carbocycles. The molecule has 6 heteroatoms. The van der Waals surface area contributed by atoms with Gasteiger partial charge in [-0.15, -0.1) is 0 Å². The molecule has 0 saturated carbocycles. The number of carbonyl (C=O) groups excluding carboxylic acids is 1. The van der Waals surface area contributed by atoms with Crippen LogP contribution in [0.25, 0.3) is 10.8 Å². The summed E-state index contributed by atoms with van der Waals surface area (Å²) in [5.74, 6) is 0.395. The molecule has 2 aromatic rings. The third kappa shape index (κ3) is 8.90. The Kier molecular flexibility index (Phi) is 12.2.